The molecule has 2 aromatic rings. The Hall–Kier alpha value is -3.52. The SMILES string of the molecule is CCOc1cc(/C=C2/NC(=O)NC2=O)cc(Cl)c1OCc1ccc(C(=O)[O-])cc1. The first-order valence-electron chi connectivity index (χ1n) is 8.61. The minimum atomic E-state index is -1.25. The highest BCUT2D eigenvalue weighted by Gasteiger charge is 2.23. The molecule has 8 nitrogen and oxygen atoms in total. The average Bonchev–Trinajstić information content (AvgIpc) is 2.98. The molecule has 1 fully saturated rings. The Morgan fingerprint density at radius 1 is 1.14 bits per heavy atom. The smallest absolute Gasteiger partial charge is 0.326 e. The van der Waals surface area contributed by atoms with Crippen LogP contribution in [0.25, 0.3) is 6.08 Å². The molecule has 2 aromatic carbocycles. The molecule has 0 radical (unpaired) electrons. The molecule has 3 rings (SSSR count). The largest absolute Gasteiger partial charge is 0.545 e. The highest BCUT2D eigenvalue weighted by Crippen LogP contribution is 2.38. The van der Waals surface area contributed by atoms with Crippen LogP contribution in [0.15, 0.2) is 42.1 Å². The van der Waals surface area contributed by atoms with E-state index in [1.54, 1.807) is 31.2 Å². The van der Waals surface area contributed by atoms with Gasteiger partial charge in [0.1, 0.15) is 12.3 Å². The van der Waals surface area contributed by atoms with Gasteiger partial charge in [-0.1, -0.05) is 35.9 Å². The van der Waals surface area contributed by atoms with E-state index in [1.165, 1.54) is 18.2 Å². The van der Waals surface area contributed by atoms with Crippen LogP contribution in [0.5, 0.6) is 11.5 Å². The lowest BCUT2D eigenvalue weighted by Gasteiger charge is -2.15. The predicted octanol–water partition coefficient (Wildman–Crippen LogP) is 1.86. The number of rotatable bonds is 7. The van der Waals surface area contributed by atoms with Gasteiger partial charge in [0.05, 0.1) is 17.6 Å². The lowest BCUT2D eigenvalue weighted by molar-refractivity contribution is -0.255. The van der Waals surface area contributed by atoms with Crippen LogP contribution in [0.2, 0.25) is 5.02 Å². The third-order valence-corrected chi connectivity index (χ3v) is 4.22. The summed E-state index contributed by atoms with van der Waals surface area (Å²) < 4.78 is 11.4. The van der Waals surface area contributed by atoms with Gasteiger partial charge in [0.2, 0.25) is 0 Å². The first-order valence-corrected chi connectivity index (χ1v) is 8.98. The Morgan fingerprint density at radius 3 is 2.45 bits per heavy atom. The minimum absolute atomic E-state index is 0.0715. The van der Waals surface area contributed by atoms with Crippen molar-refractivity contribution in [3.63, 3.8) is 0 Å². The van der Waals surface area contributed by atoms with Crippen molar-refractivity contribution in [2.24, 2.45) is 0 Å². The van der Waals surface area contributed by atoms with E-state index in [1.807, 2.05) is 0 Å². The topological polar surface area (TPSA) is 117 Å². The molecule has 1 aliphatic rings. The summed E-state index contributed by atoms with van der Waals surface area (Å²) in [6.07, 6.45) is 1.47. The van der Waals surface area contributed by atoms with Crippen molar-refractivity contribution in [3.05, 3.63) is 63.8 Å². The summed E-state index contributed by atoms with van der Waals surface area (Å²) in [4.78, 5) is 33.7. The maximum absolute atomic E-state index is 11.7. The third-order valence-electron chi connectivity index (χ3n) is 3.94. The zero-order valence-corrected chi connectivity index (χ0v) is 16.0. The van der Waals surface area contributed by atoms with Crippen molar-refractivity contribution in [1.29, 1.82) is 0 Å². The molecule has 9 heteroatoms. The van der Waals surface area contributed by atoms with Crippen LogP contribution in [0.1, 0.15) is 28.4 Å². The van der Waals surface area contributed by atoms with Crippen LogP contribution in [-0.2, 0) is 11.4 Å². The van der Waals surface area contributed by atoms with Crippen molar-refractivity contribution in [3.8, 4) is 11.5 Å². The number of carboxylic acids is 1. The van der Waals surface area contributed by atoms with E-state index < -0.39 is 17.9 Å². The zero-order valence-electron chi connectivity index (χ0n) is 15.3. The fourth-order valence-electron chi connectivity index (χ4n) is 2.62. The van der Waals surface area contributed by atoms with E-state index in [4.69, 9.17) is 21.1 Å². The minimum Gasteiger partial charge on any atom is -0.545 e. The Labute approximate surface area is 171 Å². The van der Waals surface area contributed by atoms with Gasteiger partial charge in [0.15, 0.2) is 11.5 Å². The van der Waals surface area contributed by atoms with Crippen LogP contribution < -0.4 is 25.2 Å². The quantitative estimate of drug-likeness (QED) is 0.526. The fourth-order valence-corrected chi connectivity index (χ4v) is 2.89. The van der Waals surface area contributed by atoms with Gasteiger partial charge in [-0.3, -0.25) is 10.1 Å². The number of halogens is 1. The number of hydrogen-bond donors (Lipinski definition) is 2. The summed E-state index contributed by atoms with van der Waals surface area (Å²) in [6.45, 7) is 2.28. The maximum Gasteiger partial charge on any atom is 0.326 e. The number of nitrogens with one attached hydrogen (secondary N) is 2. The van der Waals surface area contributed by atoms with Crippen LogP contribution in [0.3, 0.4) is 0 Å². The number of carboxylic acid groups (broad SMARTS) is 1. The summed E-state index contributed by atoms with van der Waals surface area (Å²) >= 11 is 6.35. The highest BCUT2D eigenvalue weighted by atomic mass is 35.5. The molecular weight excluding hydrogens is 400 g/mol. The molecule has 1 heterocycles. The molecule has 150 valence electrons. The molecule has 29 heavy (non-hydrogen) atoms. The van der Waals surface area contributed by atoms with Crippen molar-refractivity contribution in [1.82, 2.24) is 10.6 Å². The second kappa shape index (κ2) is 8.66. The monoisotopic (exact) mass is 415 g/mol. The molecule has 0 unspecified atom stereocenters. The van der Waals surface area contributed by atoms with E-state index in [2.05, 4.69) is 10.6 Å². The van der Waals surface area contributed by atoms with Gasteiger partial charge in [-0.25, -0.2) is 4.79 Å². The first-order chi connectivity index (χ1) is 13.9. The van der Waals surface area contributed by atoms with Crippen molar-refractivity contribution >= 4 is 35.6 Å². The molecule has 0 bridgehead atoms. The molecule has 0 aliphatic carbocycles. The second-order valence-corrected chi connectivity index (χ2v) is 6.41. The van der Waals surface area contributed by atoms with E-state index >= 15 is 0 Å². The summed E-state index contributed by atoms with van der Waals surface area (Å²) in [5.41, 5.74) is 1.43. The summed E-state index contributed by atoms with van der Waals surface area (Å²) in [5, 5.41) is 15.6. The lowest BCUT2D eigenvalue weighted by atomic mass is 10.1. The molecule has 2 N–H and O–H groups in total. The van der Waals surface area contributed by atoms with Gasteiger partial charge in [-0.15, -0.1) is 0 Å². The van der Waals surface area contributed by atoms with E-state index in [0.29, 0.717) is 23.7 Å². The van der Waals surface area contributed by atoms with Crippen molar-refractivity contribution in [2.45, 2.75) is 13.5 Å². The molecule has 0 spiro atoms. The highest BCUT2D eigenvalue weighted by molar-refractivity contribution is 6.32. The van der Waals surface area contributed by atoms with Gasteiger partial charge in [-0.2, -0.15) is 0 Å². The molecule has 1 saturated heterocycles. The molecule has 0 saturated carbocycles. The van der Waals surface area contributed by atoms with Gasteiger partial charge < -0.3 is 24.7 Å². The van der Waals surface area contributed by atoms with Crippen LogP contribution >= 0.6 is 11.6 Å². The number of aromatic carboxylic acids is 1. The standard InChI is InChI=1S/C20H17ClN2O6/c1-2-28-16-9-12(8-15-18(24)23-20(27)22-15)7-14(21)17(16)29-10-11-3-5-13(6-4-11)19(25)26/h3-9H,2,10H2,1H3,(H,25,26)(H2,22,23,24,27)/p-1/b15-8+. The summed E-state index contributed by atoms with van der Waals surface area (Å²) in [5.74, 6) is -1.12. The zero-order chi connectivity index (χ0) is 21.0. The number of carbonyl (C=O) groups is 3. The first kappa shape index (κ1) is 20.2. The molecule has 0 aromatic heterocycles. The molecule has 1 aliphatic heterocycles. The van der Waals surface area contributed by atoms with Crippen molar-refractivity contribution in [2.75, 3.05) is 6.61 Å². The fraction of sp³-hybridized carbons (Fsp3) is 0.150. The van der Waals surface area contributed by atoms with Crippen LogP contribution in [0.4, 0.5) is 4.79 Å². The van der Waals surface area contributed by atoms with Gasteiger partial charge >= 0.3 is 6.03 Å². The Kier molecular flexibility index (Phi) is 6.04. The summed E-state index contributed by atoms with van der Waals surface area (Å²) in [7, 11) is 0. The summed E-state index contributed by atoms with van der Waals surface area (Å²) in [6, 6.07) is 8.68. The predicted molar refractivity (Wildman–Crippen MR) is 102 cm³/mol. The molecule has 3 amide bonds. The number of imide groups is 1. The number of amides is 3. The normalized spacial score (nSPS) is 14.5. The number of carbonyl (C=O) groups excluding carboxylic acids is 3. The van der Waals surface area contributed by atoms with E-state index in [-0.39, 0.29) is 22.9 Å². The maximum atomic E-state index is 11.7. The Bertz CT molecular complexity index is 1000. The lowest BCUT2D eigenvalue weighted by Crippen LogP contribution is -2.22. The van der Waals surface area contributed by atoms with E-state index in [0.717, 1.165) is 5.56 Å². The molecule has 0 atom stereocenters. The van der Waals surface area contributed by atoms with Gasteiger partial charge in [0.25, 0.3) is 5.91 Å². The second-order valence-electron chi connectivity index (χ2n) is 6.00. The van der Waals surface area contributed by atoms with Crippen LogP contribution in [0, 0.1) is 0 Å². The molecular formula is C20H16ClN2O6-. The number of urea groups is 1. The third kappa shape index (κ3) is 4.85. The van der Waals surface area contributed by atoms with Crippen LogP contribution in [-0.4, -0.2) is 24.5 Å². The van der Waals surface area contributed by atoms with Gasteiger partial charge in [-0.05, 0) is 41.8 Å². The Balaban J connectivity index is 1.82. The number of hydrogen-bond acceptors (Lipinski definition) is 6. The average molecular weight is 416 g/mol. The van der Waals surface area contributed by atoms with Crippen molar-refractivity contribution < 1.29 is 29.0 Å². The number of benzene rings is 2. The van der Waals surface area contributed by atoms with Gasteiger partial charge in [0, 0.05) is 0 Å². The number of ether oxygens (including phenoxy) is 2. The Morgan fingerprint density at radius 2 is 1.86 bits per heavy atom. The van der Waals surface area contributed by atoms with E-state index in [9.17, 15) is 19.5 Å².